The van der Waals surface area contributed by atoms with Crippen molar-refractivity contribution in [1.29, 1.82) is 0 Å². The molecule has 0 unspecified atom stereocenters. The summed E-state index contributed by atoms with van der Waals surface area (Å²) < 4.78 is 5.45. The number of benzene rings is 1. The number of ether oxygens (including phenoxy) is 1. The minimum atomic E-state index is -1.04. The summed E-state index contributed by atoms with van der Waals surface area (Å²) in [6.07, 6.45) is 1.69. The Kier molecular flexibility index (Phi) is 5.90. The Labute approximate surface area is 160 Å². The van der Waals surface area contributed by atoms with Gasteiger partial charge in [-0.05, 0) is 30.5 Å². The van der Waals surface area contributed by atoms with Crippen LogP contribution in [-0.4, -0.2) is 41.7 Å². The van der Waals surface area contributed by atoms with E-state index in [1.165, 1.54) is 16.7 Å². The Bertz CT molecular complexity index is 802. The van der Waals surface area contributed by atoms with Crippen LogP contribution < -0.4 is 5.32 Å². The van der Waals surface area contributed by atoms with E-state index < -0.39 is 11.4 Å². The van der Waals surface area contributed by atoms with Gasteiger partial charge in [-0.25, -0.2) is 9.78 Å². The first-order valence-electron chi connectivity index (χ1n) is 8.31. The van der Waals surface area contributed by atoms with Gasteiger partial charge in [0.05, 0.1) is 10.4 Å². The van der Waals surface area contributed by atoms with Crippen molar-refractivity contribution in [2.45, 2.75) is 24.7 Å². The van der Waals surface area contributed by atoms with E-state index >= 15 is 0 Å². The Morgan fingerprint density at radius 2 is 2.12 bits per heavy atom. The number of rotatable bonds is 6. The van der Waals surface area contributed by atoms with Crippen LogP contribution in [0.2, 0.25) is 5.02 Å². The molecule has 1 saturated heterocycles. The van der Waals surface area contributed by atoms with Crippen LogP contribution >= 0.6 is 22.9 Å². The van der Waals surface area contributed by atoms with Crippen LogP contribution in [0.1, 0.15) is 33.9 Å². The first-order valence-corrected chi connectivity index (χ1v) is 9.57. The van der Waals surface area contributed by atoms with Crippen molar-refractivity contribution in [1.82, 2.24) is 10.3 Å². The average molecular weight is 395 g/mol. The molecule has 0 atom stereocenters. The molecular formula is C18H19ClN2O4S. The highest BCUT2D eigenvalue weighted by molar-refractivity contribution is 7.09. The number of nitrogens with one attached hydrogen (secondary N) is 1. The van der Waals surface area contributed by atoms with Crippen molar-refractivity contribution in [3.63, 3.8) is 0 Å². The molecule has 1 fully saturated rings. The fourth-order valence-electron chi connectivity index (χ4n) is 3.13. The maximum atomic E-state index is 13.0. The molecule has 2 N–H and O–H groups in total. The normalized spacial score (nSPS) is 16.2. The molecule has 1 aromatic carbocycles. The van der Waals surface area contributed by atoms with Crippen molar-refractivity contribution in [3.8, 4) is 0 Å². The quantitative estimate of drug-likeness (QED) is 0.786. The monoisotopic (exact) mass is 394 g/mol. The Balaban J connectivity index is 1.69. The number of amides is 1. The van der Waals surface area contributed by atoms with Crippen molar-refractivity contribution in [2.24, 2.45) is 0 Å². The summed E-state index contributed by atoms with van der Waals surface area (Å²) in [7, 11) is 0. The molecule has 1 amide bonds. The zero-order chi connectivity index (χ0) is 18.6. The molecule has 3 rings (SSSR count). The molecule has 6 nitrogen and oxygen atoms in total. The number of hydrogen-bond acceptors (Lipinski definition) is 5. The highest BCUT2D eigenvalue weighted by Gasteiger charge is 2.41. The lowest BCUT2D eigenvalue weighted by molar-refractivity contribution is -0.130. The molecule has 0 radical (unpaired) electrons. The van der Waals surface area contributed by atoms with Gasteiger partial charge in [0, 0.05) is 36.6 Å². The van der Waals surface area contributed by atoms with Gasteiger partial charge in [-0.2, -0.15) is 0 Å². The van der Waals surface area contributed by atoms with Crippen molar-refractivity contribution < 1.29 is 19.4 Å². The van der Waals surface area contributed by atoms with Crippen molar-refractivity contribution >= 4 is 34.8 Å². The maximum Gasteiger partial charge on any atom is 0.355 e. The zero-order valence-electron chi connectivity index (χ0n) is 14.0. The van der Waals surface area contributed by atoms with E-state index in [2.05, 4.69) is 10.3 Å². The summed E-state index contributed by atoms with van der Waals surface area (Å²) in [4.78, 5) is 27.9. The third-order valence-electron chi connectivity index (χ3n) is 4.55. The van der Waals surface area contributed by atoms with E-state index in [1.807, 2.05) is 18.2 Å². The molecule has 138 valence electrons. The molecule has 8 heteroatoms. The molecule has 0 saturated carbocycles. The van der Waals surface area contributed by atoms with Gasteiger partial charge in [0.15, 0.2) is 5.69 Å². The van der Waals surface area contributed by atoms with Gasteiger partial charge in [-0.15, -0.1) is 11.3 Å². The van der Waals surface area contributed by atoms with Gasteiger partial charge in [0.25, 0.3) is 0 Å². The smallest absolute Gasteiger partial charge is 0.355 e. The number of carboxylic acids is 1. The topological polar surface area (TPSA) is 88.5 Å². The van der Waals surface area contributed by atoms with Gasteiger partial charge in [-0.1, -0.05) is 23.7 Å². The molecule has 26 heavy (non-hydrogen) atoms. The summed E-state index contributed by atoms with van der Waals surface area (Å²) in [6, 6.07) is 7.41. The third-order valence-corrected chi connectivity index (χ3v) is 5.70. The molecule has 0 spiro atoms. The number of carbonyl (C=O) groups excluding carboxylic acids is 1. The van der Waals surface area contributed by atoms with Crippen molar-refractivity contribution in [2.75, 3.05) is 19.8 Å². The molecule has 0 aliphatic carbocycles. The number of aromatic nitrogens is 1. The van der Waals surface area contributed by atoms with E-state index in [4.69, 9.17) is 21.4 Å². The lowest BCUT2D eigenvalue weighted by Crippen LogP contribution is -2.48. The number of thiazole rings is 1. The largest absolute Gasteiger partial charge is 0.476 e. The summed E-state index contributed by atoms with van der Waals surface area (Å²) in [5, 5.41) is 14.7. The van der Waals surface area contributed by atoms with E-state index in [1.54, 1.807) is 6.07 Å². The second kappa shape index (κ2) is 8.16. The highest BCUT2D eigenvalue weighted by atomic mass is 35.5. The van der Waals surface area contributed by atoms with E-state index in [0.717, 1.165) is 5.56 Å². The third kappa shape index (κ3) is 4.06. The molecule has 2 heterocycles. The number of nitrogens with zero attached hydrogens (tertiary/aromatic N) is 1. The van der Waals surface area contributed by atoms with Gasteiger partial charge in [-0.3, -0.25) is 4.79 Å². The molecule has 0 bridgehead atoms. The fourth-order valence-corrected chi connectivity index (χ4v) is 4.09. The molecule has 1 aliphatic rings. The first kappa shape index (κ1) is 18.8. The van der Waals surface area contributed by atoms with Gasteiger partial charge >= 0.3 is 5.97 Å². The van der Waals surface area contributed by atoms with E-state index in [9.17, 15) is 9.59 Å². The van der Waals surface area contributed by atoms with Crippen LogP contribution in [0.5, 0.6) is 0 Å². The van der Waals surface area contributed by atoms with Gasteiger partial charge in [0.1, 0.15) is 0 Å². The number of halogens is 1. The number of carbonyl (C=O) groups is 2. The SMILES string of the molecule is O=C(O)c1csc(CCNC(=O)C2(c3cccc(Cl)c3)CCOCC2)n1. The maximum absolute atomic E-state index is 13.0. The lowest BCUT2D eigenvalue weighted by Gasteiger charge is -2.36. The summed E-state index contributed by atoms with van der Waals surface area (Å²) in [5.41, 5.74) is 0.280. The second-order valence-corrected chi connectivity index (χ2v) is 7.52. The second-order valence-electron chi connectivity index (χ2n) is 6.14. The van der Waals surface area contributed by atoms with Crippen LogP contribution in [0.3, 0.4) is 0 Å². The fraction of sp³-hybridized carbons (Fsp3) is 0.389. The van der Waals surface area contributed by atoms with Crippen LogP contribution in [0.4, 0.5) is 0 Å². The Hall–Kier alpha value is -1.96. The Morgan fingerprint density at radius 1 is 1.35 bits per heavy atom. The molecule has 1 aliphatic heterocycles. The predicted molar refractivity (Wildman–Crippen MR) is 99.0 cm³/mol. The standard InChI is InChI=1S/C18H19ClN2O4S/c19-13-3-1-2-12(10-13)18(5-8-25-9-6-18)17(24)20-7-4-15-21-14(11-26-15)16(22)23/h1-3,10-11H,4-9H2,(H,20,24)(H,22,23). The average Bonchev–Trinajstić information content (AvgIpc) is 3.11. The molecule has 1 aromatic heterocycles. The highest BCUT2D eigenvalue weighted by Crippen LogP contribution is 2.36. The summed E-state index contributed by atoms with van der Waals surface area (Å²) in [5.74, 6) is -1.10. The van der Waals surface area contributed by atoms with Crippen LogP contribution in [0.15, 0.2) is 29.6 Å². The predicted octanol–water partition coefficient (Wildman–Crippen LogP) is 2.90. The zero-order valence-corrected chi connectivity index (χ0v) is 15.6. The van der Waals surface area contributed by atoms with Crippen LogP contribution in [0, 0.1) is 0 Å². The lowest BCUT2D eigenvalue weighted by atomic mass is 9.73. The van der Waals surface area contributed by atoms with Gasteiger partial charge < -0.3 is 15.2 Å². The van der Waals surface area contributed by atoms with Crippen LogP contribution in [0.25, 0.3) is 0 Å². The number of aromatic carboxylic acids is 1. The number of hydrogen-bond donors (Lipinski definition) is 2. The summed E-state index contributed by atoms with van der Waals surface area (Å²) in [6.45, 7) is 1.44. The Morgan fingerprint density at radius 3 is 2.77 bits per heavy atom. The van der Waals surface area contributed by atoms with E-state index in [0.29, 0.717) is 49.1 Å². The first-order chi connectivity index (χ1) is 12.5. The van der Waals surface area contributed by atoms with Crippen LogP contribution in [-0.2, 0) is 21.4 Å². The minimum absolute atomic E-state index is 0.0381. The van der Waals surface area contributed by atoms with Gasteiger partial charge in [0.2, 0.25) is 5.91 Å². The summed E-state index contributed by atoms with van der Waals surface area (Å²) >= 11 is 7.41. The number of carboxylic acid groups (broad SMARTS) is 1. The van der Waals surface area contributed by atoms with Crippen molar-refractivity contribution in [3.05, 3.63) is 50.9 Å². The minimum Gasteiger partial charge on any atom is -0.476 e. The van der Waals surface area contributed by atoms with E-state index in [-0.39, 0.29) is 11.6 Å². The molecular weight excluding hydrogens is 376 g/mol. The molecule has 2 aromatic rings.